The lowest BCUT2D eigenvalue weighted by Gasteiger charge is -2.24. The maximum atomic E-state index is 7.14. The van der Waals surface area contributed by atoms with Gasteiger partial charge in [-0.3, -0.25) is 0 Å². The zero-order valence-corrected chi connectivity index (χ0v) is 44.7. The Bertz CT molecular complexity index is 3100. The van der Waals surface area contributed by atoms with Gasteiger partial charge in [0.05, 0.1) is 9.79 Å². The molecule has 0 atom stereocenters. The summed E-state index contributed by atoms with van der Waals surface area (Å²) >= 11 is 1.54. The monoisotopic (exact) mass is 1030 g/mol. The van der Waals surface area contributed by atoms with E-state index in [1.165, 1.54) is 11.8 Å². The molecule has 8 aromatic rings. The zero-order chi connectivity index (χ0) is 50.3. The Morgan fingerprint density at radius 3 is 0.932 bits per heavy atom. The van der Waals surface area contributed by atoms with Crippen molar-refractivity contribution in [3.05, 3.63) is 168 Å². The van der Waals surface area contributed by atoms with Crippen LogP contribution in [0.2, 0.25) is 0 Å². The standard InChI is InChI=1S/C60H56O10P2S/c1-57(2)33-39-19-13-25-45(51(39)61-57)65-71(66-46-26-14-20-40-34-58(3,4)62-52(40)46)69-49-31-29-37-17-9-11-23-43(37)55(49)73-56-44-24-12-10-18-38(44)30-32-50(56)70-72(67-47-27-15-21-41-35-59(5,6)63-53(41)47)68-48-28-16-22-42-36-60(7,8)64-54(42)48/h9-32H,33-36H2,1-8H3. The van der Waals surface area contributed by atoms with E-state index in [0.717, 1.165) is 79.3 Å². The van der Waals surface area contributed by atoms with Crippen LogP contribution in [0.5, 0.6) is 57.5 Å². The molecule has 0 spiro atoms. The van der Waals surface area contributed by atoms with Crippen LogP contribution in [0, 0.1) is 0 Å². The molecule has 0 aliphatic carbocycles. The molecule has 0 unspecified atom stereocenters. The summed E-state index contributed by atoms with van der Waals surface area (Å²) < 4.78 is 67.9. The van der Waals surface area contributed by atoms with Crippen LogP contribution in [-0.4, -0.2) is 22.4 Å². The average molecular weight is 1030 g/mol. The first kappa shape index (κ1) is 47.5. The molecule has 73 heavy (non-hydrogen) atoms. The van der Waals surface area contributed by atoms with Gasteiger partial charge in [0, 0.05) is 47.9 Å². The topological polar surface area (TPSA) is 92.3 Å². The van der Waals surface area contributed by atoms with Crippen LogP contribution < -0.4 is 46.1 Å². The van der Waals surface area contributed by atoms with E-state index in [4.69, 9.17) is 46.1 Å². The first-order chi connectivity index (χ1) is 35.0. The van der Waals surface area contributed by atoms with E-state index in [0.29, 0.717) is 57.5 Å². The quantitative estimate of drug-likeness (QED) is 0.0975. The molecule has 0 aromatic heterocycles. The Hall–Kier alpha value is -6.51. The highest BCUT2D eigenvalue weighted by Crippen LogP contribution is 2.58. The third kappa shape index (κ3) is 9.64. The number of para-hydroxylation sites is 4. The van der Waals surface area contributed by atoms with Gasteiger partial charge in [-0.2, -0.15) is 0 Å². The Kier molecular flexibility index (Phi) is 11.8. The summed E-state index contributed by atoms with van der Waals surface area (Å²) in [5.74, 6) is 5.96. The molecule has 0 bridgehead atoms. The molecule has 4 aliphatic rings. The number of hydrogen-bond donors (Lipinski definition) is 0. The molecule has 4 heterocycles. The van der Waals surface area contributed by atoms with E-state index in [2.05, 4.69) is 116 Å². The summed E-state index contributed by atoms with van der Waals surface area (Å²) in [5.41, 5.74) is 2.62. The van der Waals surface area contributed by atoms with Gasteiger partial charge in [0.2, 0.25) is 0 Å². The van der Waals surface area contributed by atoms with Crippen LogP contribution in [0.15, 0.2) is 155 Å². The minimum absolute atomic E-state index is 0.402. The second kappa shape index (κ2) is 18.2. The number of hydrogen-bond acceptors (Lipinski definition) is 11. The fraction of sp³-hybridized carbons (Fsp3) is 0.267. The Labute approximate surface area is 433 Å². The van der Waals surface area contributed by atoms with Crippen LogP contribution in [0.1, 0.15) is 77.6 Å². The van der Waals surface area contributed by atoms with Crippen molar-refractivity contribution in [3.8, 4) is 57.5 Å². The summed E-state index contributed by atoms with van der Waals surface area (Å²) in [6.45, 7) is 16.6. The summed E-state index contributed by atoms with van der Waals surface area (Å²) in [4.78, 5) is 1.65. The van der Waals surface area contributed by atoms with Crippen LogP contribution in [0.3, 0.4) is 0 Å². The average Bonchev–Trinajstić information content (AvgIpc) is 4.07. The van der Waals surface area contributed by atoms with E-state index in [1.54, 1.807) is 0 Å². The van der Waals surface area contributed by atoms with Gasteiger partial charge in [-0.05, 0) is 113 Å². The lowest BCUT2D eigenvalue weighted by Crippen LogP contribution is -2.24. The largest absolute Gasteiger partial charge is 0.530 e. The minimum atomic E-state index is -2.21. The number of rotatable bonds is 14. The van der Waals surface area contributed by atoms with Crippen LogP contribution in [-0.2, 0) is 25.7 Å². The molecule has 13 heteroatoms. The molecule has 0 radical (unpaired) electrons. The smallest absolute Gasteiger partial charge is 0.483 e. The molecule has 8 aromatic carbocycles. The fourth-order valence-corrected chi connectivity index (χ4v) is 13.5. The maximum absolute atomic E-state index is 7.14. The van der Waals surface area contributed by atoms with Gasteiger partial charge in [-0.15, -0.1) is 0 Å². The van der Waals surface area contributed by atoms with Crippen molar-refractivity contribution in [1.82, 2.24) is 0 Å². The second-order valence-electron chi connectivity index (χ2n) is 21.5. The van der Waals surface area contributed by atoms with Crippen molar-refractivity contribution in [1.29, 1.82) is 0 Å². The van der Waals surface area contributed by atoms with Gasteiger partial charge in [-0.1, -0.05) is 121 Å². The molecule has 0 fully saturated rings. The third-order valence-corrected chi connectivity index (χ3v) is 16.5. The van der Waals surface area contributed by atoms with Gasteiger partial charge in [0.25, 0.3) is 0 Å². The minimum Gasteiger partial charge on any atom is -0.483 e. The Morgan fingerprint density at radius 1 is 0.329 bits per heavy atom. The van der Waals surface area contributed by atoms with Crippen molar-refractivity contribution in [3.63, 3.8) is 0 Å². The van der Waals surface area contributed by atoms with Crippen molar-refractivity contribution in [2.45, 2.75) is 113 Å². The Morgan fingerprint density at radius 2 is 0.616 bits per heavy atom. The van der Waals surface area contributed by atoms with E-state index in [1.807, 2.05) is 84.9 Å². The van der Waals surface area contributed by atoms with Gasteiger partial charge in [0.1, 0.15) is 33.9 Å². The van der Waals surface area contributed by atoms with Gasteiger partial charge < -0.3 is 46.1 Å². The molecule has 372 valence electrons. The summed E-state index contributed by atoms with van der Waals surface area (Å²) in [6, 6.07) is 48.5. The third-order valence-electron chi connectivity index (χ3n) is 13.1. The van der Waals surface area contributed by atoms with Crippen molar-refractivity contribution >= 4 is 50.5 Å². The molecule has 0 saturated carbocycles. The first-order valence-corrected chi connectivity index (χ1v) is 27.6. The van der Waals surface area contributed by atoms with E-state index in [9.17, 15) is 0 Å². The predicted molar refractivity (Wildman–Crippen MR) is 289 cm³/mol. The first-order valence-electron chi connectivity index (χ1n) is 24.6. The molecule has 4 aliphatic heterocycles. The van der Waals surface area contributed by atoms with Gasteiger partial charge in [-0.25, -0.2) is 0 Å². The number of ether oxygens (including phenoxy) is 4. The molecule has 0 amide bonds. The maximum Gasteiger partial charge on any atom is 0.530 e. The molecule has 0 saturated heterocycles. The highest BCUT2D eigenvalue weighted by molar-refractivity contribution is 8.00. The van der Waals surface area contributed by atoms with E-state index < -0.39 is 39.6 Å². The predicted octanol–water partition coefficient (Wildman–Crippen LogP) is 16.5. The van der Waals surface area contributed by atoms with E-state index in [-0.39, 0.29) is 0 Å². The molecule has 12 rings (SSSR count). The molecule has 0 N–H and O–H groups in total. The highest BCUT2D eigenvalue weighted by Gasteiger charge is 2.39. The lowest BCUT2D eigenvalue weighted by atomic mass is 10.0. The van der Waals surface area contributed by atoms with Crippen LogP contribution >= 0.6 is 29.0 Å². The molecular formula is C60H56O10P2S. The van der Waals surface area contributed by atoms with Crippen molar-refractivity contribution in [2.75, 3.05) is 0 Å². The highest BCUT2D eigenvalue weighted by atomic mass is 32.2. The SMILES string of the molecule is CC1(C)Cc2cccc(OP(Oc3cccc4c3OC(C)(C)C4)Oc3ccc4ccccc4c3Sc3c(OP(Oc4cccc5c4OC(C)(C)C5)Oc4cccc5c4OC(C)(C)C5)ccc4ccccc34)c2O1. The Balaban J connectivity index is 0.955. The number of benzene rings is 8. The van der Waals surface area contributed by atoms with Crippen LogP contribution in [0.4, 0.5) is 0 Å². The molecule has 10 nitrogen and oxygen atoms in total. The van der Waals surface area contributed by atoms with Gasteiger partial charge >= 0.3 is 17.2 Å². The molecular weight excluding hydrogens is 975 g/mol. The second-order valence-corrected chi connectivity index (χ2v) is 24.5. The normalized spacial score (nSPS) is 16.9. The van der Waals surface area contributed by atoms with Crippen LogP contribution in [0.25, 0.3) is 21.5 Å². The summed E-state index contributed by atoms with van der Waals surface area (Å²) in [6.07, 6.45) is 2.97. The van der Waals surface area contributed by atoms with Gasteiger partial charge in [0.15, 0.2) is 46.0 Å². The van der Waals surface area contributed by atoms with Crippen molar-refractivity contribution < 1.29 is 46.1 Å². The lowest BCUT2D eigenvalue weighted by molar-refractivity contribution is 0.134. The number of fused-ring (bicyclic) bond motifs is 6. The van der Waals surface area contributed by atoms with Crippen molar-refractivity contribution in [2.24, 2.45) is 0 Å². The zero-order valence-electron chi connectivity index (χ0n) is 42.1. The fourth-order valence-electron chi connectivity index (χ4n) is 10.1. The van der Waals surface area contributed by atoms with E-state index >= 15 is 0 Å². The summed E-state index contributed by atoms with van der Waals surface area (Å²) in [7, 11) is -4.42. The summed E-state index contributed by atoms with van der Waals surface area (Å²) in [5, 5.41) is 3.97.